The van der Waals surface area contributed by atoms with Crippen LogP contribution in [0.15, 0.2) is 41.2 Å². The van der Waals surface area contributed by atoms with Crippen LogP contribution in [0.25, 0.3) is 0 Å². The second-order valence-corrected chi connectivity index (χ2v) is 6.35. The molecule has 0 aliphatic carbocycles. The van der Waals surface area contributed by atoms with E-state index in [4.69, 9.17) is 0 Å². The van der Waals surface area contributed by atoms with Crippen molar-refractivity contribution in [3.63, 3.8) is 0 Å². The molecule has 1 saturated heterocycles. The van der Waals surface area contributed by atoms with Gasteiger partial charge in [0, 0.05) is 18.5 Å². The molecule has 1 amide bonds. The molecule has 1 fully saturated rings. The van der Waals surface area contributed by atoms with Crippen LogP contribution in [0.4, 0.5) is 0 Å². The smallest absolute Gasteiger partial charge is 0.273 e. The number of carbonyl (C=O) groups is 1. The van der Waals surface area contributed by atoms with Gasteiger partial charge in [-0.05, 0) is 37.2 Å². The standard InChI is InChI=1S/C17H20N2OS/c20-17(16-12-21-13-18-16)19-10-8-15(9-11-19)7-6-14-4-2-1-3-5-14/h1-5,12-13,15H,6-11H2. The first-order valence-electron chi connectivity index (χ1n) is 7.54. The molecule has 0 radical (unpaired) electrons. The summed E-state index contributed by atoms with van der Waals surface area (Å²) >= 11 is 1.48. The minimum atomic E-state index is 0.0951. The van der Waals surface area contributed by atoms with E-state index in [1.807, 2.05) is 10.3 Å². The van der Waals surface area contributed by atoms with Crippen LogP contribution in [0.1, 0.15) is 35.3 Å². The lowest BCUT2D eigenvalue weighted by Crippen LogP contribution is -2.38. The van der Waals surface area contributed by atoms with E-state index in [0.29, 0.717) is 5.69 Å². The Balaban J connectivity index is 1.46. The lowest BCUT2D eigenvalue weighted by atomic mass is 9.90. The molecule has 2 heterocycles. The van der Waals surface area contributed by atoms with Crippen molar-refractivity contribution in [3.8, 4) is 0 Å². The minimum absolute atomic E-state index is 0.0951. The van der Waals surface area contributed by atoms with E-state index < -0.39 is 0 Å². The summed E-state index contributed by atoms with van der Waals surface area (Å²) in [5, 5.41) is 1.84. The Hall–Kier alpha value is -1.68. The monoisotopic (exact) mass is 300 g/mol. The molecule has 2 aromatic rings. The minimum Gasteiger partial charge on any atom is -0.337 e. The van der Waals surface area contributed by atoms with Crippen LogP contribution in [0.2, 0.25) is 0 Å². The van der Waals surface area contributed by atoms with Gasteiger partial charge in [0.1, 0.15) is 5.69 Å². The molecule has 0 N–H and O–H groups in total. The highest BCUT2D eigenvalue weighted by molar-refractivity contribution is 7.07. The third-order valence-corrected chi connectivity index (χ3v) is 4.82. The largest absolute Gasteiger partial charge is 0.337 e. The maximum absolute atomic E-state index is 12.2. The Morgan fingerprint density at radius 2 is 2.00 bits per heavy atom. The Morgan fingerprint density at radius 3 is 2.67 bits per heavy atom. The van der Waals surface area contributed by atoms with Crippen molar-refractivity contribution in [2.45, 2.75) is 25.7 Å². The van der Waals surface area contributed by atoms with Gasteiger partial charge in [0.05, 0.1) is 5.51 Å². The van der Waals surface area contributed by atoms with Gasteiger partial charge in [0.25, 0.3) is 5.91 Å². The van der Waals surface area contributed by atoms with Gasteiger partial charge in [0.15, 0.2) is 0 Å². The van der Waals surface area contributed by atoms with Crippen molar-refractivity contribution in [2.75, 3.05) is 13.1 Å². The summed E-state index contributed by atoms with van der Waals surface area (Å²) in [6.07, 6.45) is 4.60. The van der Waals surface area contributed by atoms with Crippen molar-refractivity contribution < 1.29 is 4.79 Å². The van der Waals surface area contributed by atoms with E-state index in [-0.39, 0.29) is 5.91 Å². The van der Waals surface area contributed by atoms with Gasteiger partial charge in [-0.2, -0.15) is 0 Å². The molecular weight excluding hydrogens is 280 g/mol. The lowest BCUT2D eigenvalue weighted by molar-refractivity contribution is 0.0682. The first kappa shape index (κ1) is 14.3. The third kappa shape index (κ3) is 3.70. The molecule has 0 atom stereocenters. The Morgan fingerprint density at radius 1 is 1.24 bits per heavy atom. The van der Waals surface area contributed by atoms with Crippen molar-refractivity contribution in [3.05, 3.63) is 52.5 Å². The number of nitrogens with zero attached hydrogens (tertiary/aromatic N) is 2. The number of likely N-dealkylation sites (tertiary alicyclic amines) is 1. The summed E-state index contributed by atoms with van der Waals surface area (Å²) in [5.41, 5.74) is 3.74. The molecule has 21 heavy (non-hydrogen) atoms. The van der Waals surface area contributed by atoms with Crippen molar-refractivity contribution >= 4 is 17.2 Å². The van der Waals surface area contributed by atoms with Crippen LogP contribution in [0.5, 0.6) is 0 Å². The van der Waals surface area contributed by atoms with E-state index in [2.05, 4.69) is 35.3 Å². The van der Waals surface area contributed by atoms with Crippen LogP contribution < -0.4 is 0 Å². The highest BCUT2D eigenvalue weighted by atomic mass is 32.1. The van der Waals surface area contributed by atoms with Crippen molar-refractivity contribution in [1.82, 2.24) is 9.88 Å². The van der Waals surface area contributed by atoms with E-state index in [9.17, 15) is 4.79 Å². The molecule has 3 rings (SSSR count). The third-order valence-electron chi connectivity index (χ3n) is 4.24. The summed E-state index contributed by atoms with van der Waals surface area (Å²) in [6, 6.07) is 10.7. The molecule has 1 aliphatic rings. The SMILES string of the molecule is O=C(c1cscn1)N1CCC(CCc2ccccc2)CC1. The van der Waals surface area contributed by atoms with Crippen LogP contribution in [-0.4, -0.2) is 28.9 Å². The van der Waals surface area contributed by atoms with Crippen LogP contribution >= 0.6 is 11.3 Å². The lowest BCUT2D eigenvalue weighted by Gasteiger charge is -2.31. The number of hydrogen-bond donors (Lipinski definition) is 0. The fourth-order valence-corrected chi connectivity index (χ4v) is 3.45. The molecule has 0 spiro atoms. The molecular formula is C17H20N2OS. The molecule has 3 nitrogen and oxygen atoms in total. The zero-order valence-electron chi connectivity index (χ0n) is 12.1. The predicted octanol–water partition coefficient (Wildman–Crippen LogP) is 3.63. The van der Waals surface area contributed by atoms with Crippen molar-refractivity contribution in [1.29, 1.82) is 0 Å². The summed E-state index contributed by atoms with van der Waals surface area (Å²) in [5.74, 6) is 0.836. The van der Waals surface area contributed by atoms with Crippen LogP contribution in [0.3, 0.4) is 0 Å². The van der Waals surface area contributed by atoms with Gasteiger partial charge in [-0.1, -0.05) is 30.3 Å². The van der Waals surface area contributed by atoms with Gasteiger partial charge >= 0.3 is 0 Å². The second kappa shape index (κ2) is 6.85. The number of rotatable bonds is 4. The highest BCUT2D eigenvalue weighted by Crippen LogP contribution is 2.23. The molecule has 1 aromatic carbocycles. The van der Waals surface area contributed by atoms with Crippen molar-refractivity contribution in [2.24, 2.45) is 5.92 Å². The first-order valence-corrected chi connectivity index (χ1v) is 8.48. The maximum Gasteiger partial charge on any atom is 0.273 e. The molecule has 0 saturated carbocycles. The Bertz CT molecular complexity index is 560. The summed E-state index contributed by atoms with van der Waals surface area (Å²) in [7, 11) is 0. The molecule has 0 unspecified atom stereocenters. The number of benzene rings is 1. The average molecular weight is 300 g/mol. The topological polar surface area (TPSA) is 33.2 Å². The normalized spacial score (nSPS) is 16.1. The van der Waals surface area contributed by atoms with Gasteiger partial charge in [0.2, 0.25) is 0 Å². The van der Waals surface area contributed by atoms with E-state index in [1.54, 1.807) is 5.51 Å². The van der Waals surface area contributed by atoms with Gasteiger partial charge < -0.3 is 4.90 Å². The number of piperidine rings is 1. The van der Waals surface area contributed by atoms with Crippen LogP contribution in [0, 0.1) is 5.92 Å². The fourth-order valence-electron chi connectivity index (χ4n) is 2.92. The Labute approximate surface area is 129 Å². The molecule has 110 valence electrons. The highest BCUT2D eigenvalue weighted by Gasteiger charge is 2.24. The quantitative estimate of drug-likeness (QED) is 0.864. The fraction of sp³-hybridized carbons (Fsp3) is 0.412. The maximum atomic E-state index is 12.2. The summed E-state index contributed by atoms with van der Waals surface area (Å²) in [4.78, 5) is 18.3. The van der Waals surface area contributed by atoms with Crippen LogP contribution in [-0.2, 0) is 6.42 Å². The number of carbonyl (C=O) groups excluding carboxylic acids is 1. The van der Waals surface area contributed by atoms with E-state index in [1.165, 1.54) is 23.3 Å². The zero-order valence-corrected chi connectivity index (χ0v) is 12.9. The zero-order chi connectivity index (χ0) is 14.5. The number of amides is 1. The number of hydrogen-bond acceptors (Lipinski definition) is 3. The van der Waals surface area contributed by atoms with Gasteiger partial charge in [-0.25, -0.2) is 4.98 Å². The number of aromatic nitrogens is 1. The summed E-state index contributed by atoms with van der Waals surface area (Å²) < 4.78 is 0. The summed E-state index contributed by atoms with van der Waals surface area (Å²) in [6.45, 7) is 1.74. The van der Waals surface area contributed by atoms with Gasteiger partial charge in [-0.15, -0.1) is 11.3 Å². The second-order valence-electron chi connectivity index (χ2n) is 5.63. The average Bonchev–Trinajstić information content (AvgIpc) is 3.08. The molecule has 1 aromatic heterocycles. The first-order chi connectivity index (χ1) is 10.3. The number of aryl methyl sites for hydroxylation is 1. The number of thiazole rings is 1. The molecule has 1 aliphatic heterocycles. The van der Waals surface area contributed by atoms with E-state index >= 15 is 0 Å². The van der Waals surface area contributed by atoms with E-state index in [0.717, 1.165) is 38.3 Å². The Kier molecular flexibility index (Phi) is 4.65. The van der Waals surface area contributed by atoms with Gasteiger partial charge in [-0.3, -0.25) is 4.79 Å². The molecule has 4 heteroatoms. The predicted molar refractivity (Wildman–Crippen MR) is 85.5 cm³/mol. The molecule has 0 bridgehead atoms.